The van der Waals surface area contributed by atoms with E-state index >= 15 is 0 Å². The van der Waals surface area contributed by atoms with Crippen LogP contribution in [-0.2, 0) is 0 Å². The summed E-state index contributed by atoms with van der Waals surface area (Å²) in [4.78, 5) is 4.20. The molecule has 9 heavy (non-hydrogen) atoms. The fourth-order valence-corrected chi connectivity index (χ4v) is 1.99. The molecule has 2 atom stereocenters. The van der Waals surface area contributed by atoms with Crippen molar-refractivity contribution in [1.82, 2.24) is 0 Å². The maximum Gasteiger partial charge on any atom is 0.144 e. The van der Waals surface area contributed by atoms with Gasteiger partial charge in [0.15, 0.2) is 0 Å². The van der Waals surface area contributed by atoms with Crippen molar-refractivity contribution < 1.29 is 0 Å². The van der Waals surface area contributed by atoms with Gasteiger partial charge in [-0.1, -0.05) is 6.92 Å². The van der Waals surface area contributed by atoms with Gasteiger partial charge in [-0.15, -0.1) is 11.8 Å². The molecule has 0 aromatic rings. The monoisotopic (exact) mass is 144 g/mol. The molecule has 0 aromatic carbocycles. The lowest BCUT2D eigenvalue weighted by molar-refractivity contribution is 1.00. The smallest absolute Gasteiger partial charge is 0.144 e. The Balaban J connectivity index is 2.53. The second-order valence-electron chi connectivity index (χ2n) is 2.19. The van der Waals surface area contributed by atoms with Gasteiger partial charge < -0.3 is 5.73 Å². The van der Waals surface area contributed by atoms with Crippen LogP contribution in [-0.4, -0.2) is 16.5 Å². The van der Waals surface area contributed by atoms with Gasteiger partial charge in [0.2, 0.25) is 0 Å². The maximum absolute atomic E-state index is 5.57. The van der Waals surface area contributed by atoms with E-state index in [-0.39, 0.29) is 5.50 Å². The Kier molecular flexibility index (Phi) is 2.13. The number of nitrogens with zero attached hydrogens (tertiary/aromatic N) is 1. The highest BCUT2D eigenvalue weighted by Crippen LogP contribution is 2.26. The van der Waals surface area contributed by atoms with E-state index in [0.717, 1.165) is 6.42 Å². The van der Waals surface area contributed by atoms with Gasteiger partial charge >= 0.3 is 0 Å². The molecule has 0 amide bonds. The molecule has 2 nitrogen and oxygen atoms in total. The molecule has 52 valence electrons. The lowest BCUT2D eigenvalue weighted by atomic mass is 10.2. The van der Waals surface area contributed by atoms with Gasteiger partial charge in [0, 0.05) is 11.0 Å². The van der Waals surface area contributed by atoms with Gasteiger partial charge in [0.05, 0.1) is 0 Å². The first-order valence-electron chi connectivity index (χ1n) is 3.19. The minimum absolute atomic E-state index is 0.00921. The average molecular weight is 144 g/mol. The second-order valence-corrected chi connectivity index (χ2v) is 3.52. The standard InChI is InChI=1S/C6H12N2S/c1-3-5-4(2)8-6(7)9-5/h5-6H,3,7H2,1-2H3. The lowest BCUT2D eigenvalue weighted by Crippen LogP contribution is -2.10. The van der Waals surface area contributed by atoms with Crippen LogP contribution in [0.3, 0.4) is 0 Å². The molecule has 1 heterocycles. The second kappa shape index (κ2) is 2.71. The van der Waals surface area contributed by atoms with E-state index in [9.17, 15) is 0 Å². The summed E-state index contributed by atoms with van der Waals surface area (Å²) >= 11 is 1.75. The van der Waals surface area contributed by atoms with Crippen LogP contribution in [0.1, 0.15) is 20.3 Å². The third-order valence-electron chi connectivity index (χ3n) is 1.47. The van der Waals surface area contributed by atoms with Crippen molar-refractivity contribution in [3.8, 4) is 0 Å². The van der Waals surface area contributed by atoms with Crippen LogP contribution in [0.15, 0.2) is 4.99 Å². The molecule has 0 fully saturated rings. The highest BCUT2D eigenvalue weighted by Gasteiger charge is 2.20. The molecule has 0 radical (unpaired) electrons. The third kappa shape index (κ3) is 1.46. The Morgan fingerprint density at radius 1 is 1.78 bits per heavy atom. The molecule has 2 N–H and O–H groups in total. The van der Waals surface area contributed by atoms with Crippen LogP contribution in [0.25, 0.3) is 0 Å². The Hall–Kier alpha value is -0.0200. The van der Waals surface area contributed by atoms with Crippen molar-refractivity contribution in [1.29, 1.82) is 0 Å². The first kappa shape index (κ1) is 7.09. The summed E-state index contributed by atoms with van der Waals surface area (Å²) in [7, 11) is 0. The topological polar surface area (TPSA) is 38.4 Å². The zero-order valence-electron chi connectivity index (χ0n) is 5.79. The molecule has 0 saturated heterocycles. The predicted octanol–water partition coefficient (Wildman–Crippen LogP) is 1.22. The van der Waals surface area contributed by atoms with Gasteiger partial charge in [0.1, 0.15) is 5.50 Å². The van der Waals surface area contributed by atoms with Crippen LogP contribution in [0.4, 0.5) is 0 Å². The molecule has 3 heteroatoms. The molecule has 1 aliphatic heterocycles. The largest absolute Gasteiger partial charge is 0.301 e. The van der Waals surface area contributed by atoms with Gasteiger partial charge in [-0.2, -0.15) is 0 Å². The number of thioether (sulfide) groups is 1. The molecule has 1 rings (SSSR count). The first-order valence-corrected chi connectivity index (χ1v) is 4.13. The van der Waals surface area contributed by atoms with Crippen molar-refractivity contribution >= 4 is 17.5 Å². The van der Waals surface area contributed by atoms with Gasteiger partial charge in [-0.05, 0) is 13.3 Å². The van der Waals surface area contributed by atoms with Crippen LogP contribution in [0, 0.1) is 0 Å². The van der Waals surface area contributed by atoms with Crippen molar-refractivity contribution in [3.63, 3.8) is 0 Å². The highest BCUT2D eigenvalue weighted by atomic mass is 32.2. The Bertz CT molecular complexity index is 133. The van der Waals surface area contributed by atoms with Crippen LogP contribution in [0.2, 0.25) is 0 Å². The predicted molar refractivity (Wildman–Crippen MR) is 42.8 cm³/mol. The van der Waals surface area contributed by atoms with E-state index in [4.69, 9.17) is 5.73 Å². The fourth-order valence-electron chi connectivity index (χ4n) is 0.973. The summed E-state index contributed by atoms with van der Waals surface area (Å²) in [6.07, 6.45) is 1.15. The molecular weight excluding hydrogens is 132 g/mol. The van der Waals surface area contributed by atoms with Crippen molar-refractivity contribution in [2.45, 2.75) is 31.0 Å². The molecule has 2 unspecified atom stereocenters. The minimum atomic E-state index is 0.00921. The van der Waals surface area contributed by atoms with Crippen molar-refractivity contribution in [2.75, 3.05) is 0 Å². The lowest BCUT2D eigenvalue weighted by Gasteiger charge is -2.03. The van der Waals surface area contributed by atoms with Crippen molar-refractivity contribution in [2.24, 2.45) is 10.7 Å². The van der Waals surface area contributed by atoms with Crippen LogP contribution in [0.5, 0.6) is 0 Å². The number of hydrogen-bond acceptors (Lipinski definition) is 3. The third-order valence-corrected chi connectivity index (χ3v) is 2.86. The van der Waals surface area contributed by atoms with E-state index in [1.807, 2.05) is 6.92 Å². The van der Waals surface area contributed by atoms with Gasteiger partial charge in [0.25, 0.3) is 0 Å². The Morgan fingerprint density at radius 3 is 2.67 bits per heavy atom. The van der Waals surface area contributed by atoms with E-state index in [0.29, 0.717) is 5.25 Å². The average Bonchev–Trinajstić information content (AvgIpc) is 2.10. The number of nitrogens with two attached hydrogens (primary N) is 1. The van der Waals surface area contributed by atoms with Crippen molar-refractivity contribution in [3.05, 3.63) is 0 Å². The normalized spacial score (nSPS) is 34.8. The van der Waals surface area contributed by atoms with E-state index in [1.54, 1.807) is 11.8 Å². The van der Waals surface area contributed by atoms with Crippen LogP contribution >= 0.6 is 11.8 Å². The molecule has 0 aromatic heterocycles. The number of aliphatic imine (C=N–C) groups is 1. The molecule has 1 aliphatic rings. The molecule has 0 aliphatic carbocycles. The highest BCUT2D eigenvalue weighted by molar-refractivity contribution is 8.01. The SMILES string of the molecule is CCC1SC(N)N=C1C. The summed E-state index contributed by atoms with van der Waals surface area (Å²) in [5.74, 6) is 0. The zero-order valence-corrected chi connectivity index (χ0v) is 6.61. The quantitative estimate of drug-likeness (QED) is 0.601. The zero-order chi connectivity index (χ0) is 6.85. The first-order chi connectivity index (χ1) is 4.24. The number of rotatable bonds is 1. The van der Waals surface area contributed by atoms with E-state index in [1.165, 1.54) is 5.71 Å². The molecule has 0 saturated carbocycles. The Labute approximate surface area is 59.9 Å². The summed E-state index contributed by atoms with van der Waals surface area (Å²) in [6.45, 7) is 4.21. The number of hydrogen-bond donors (Lipinski definition) is 1. The van der Waals surface area contributed by atoms with E-state index < -0.39 is 0 Å². The summed E-state index contributed by atoms with van der Waals surface area (Å²) in [5, 5.41) is 0.583. The summed E-state index contributed by atoms with van der Waals surface area (Å²) in [6, 6.07) is 0. The van der Waals surface area contributed by atoms with Gasteiger partial charge in [-0.3, -0.25) is 4.99 Å². The molecule has 0 bridgehead atoms. The molecular formula is C6H12N2S. The van der Waals surface area contributed by atoms with Crippen LogP contribution < -0.4 is 5.73 Å². The van der Waals surface area contributed by atoms with Gasteiger partial charge in [-0.25, -0.2) is 0 Å². The summed E-state index contributed by atoms with van der Waals surface area (Å²) in [5.41, 5.74) is 6.78. The Morgan fingerprint density at radius 2 is 2.44 bits per heavy atom. The van der Waals surface area contributed by atoms with E-state index in [2.05, 4.69) is 11.9 Å². The molecule has 0 spiro atoms. The maximum atomic E-state index is 5.57. The minimum Gasteiger partial charge on any atom is -0.301 e. The summed E-state index contributed by atoms with van der Waals surface area (Å²) < 4.78 is 0. The fraction of sp³-hybridized carbons (Fsp3) is 0.833.